The van der Waals surface area contributed by atoms with Gasteiger partial charge in [-0.3, -0.25) is 9.69 Å². The van der Waals surface area contributed by atoms with Crippen molar-refractivity contribution in [2.75, 3.05) is 13.1 Å². The number of nitrogens with one attached hydrogen (secondary N) is 1. The second-order valence-corrected chi connectivity index (χ2v) is 6.74. The van der Waals surface area contributed by atoms with Gasteiger partial charge in [0.1, 0.15) is 5.58 Å². The summed E-state index contributed by atoms with van der Waals surface area (Å²) < 4.78 is 5.45. The van der Waals surface area contributed by atoms with Crippen LogP contribution in [0.2, 0.25) is 0 Å². The van der Waals surface area contributed by atoms with Crippen molar-refractivity contribution < 1.29 is 9.21 Å². The summed E-state index contributed by atoms with van der Waals surface area (Å²) in [7, 11) is 0. The van der Waals surface area contributed by atoms with E-state index in [0.717, 1.165) is 22.1 Å². The van der Waals surface area contributed by atoms with Crippen molar-refractivity contribution in [3.8, 4) is 0 Å². The van der Waals surface area contributed by atoms with Crippen LogP contribution in [-0.2, 0) is 0 Å². The Labute approximate surface area is 130 Å². The van der Waals surface area contributed by atoms with E-state index >= 15 is 0 Å². The van der Waals surface area contributed by atoms with Gasteiger partial charge in [0.15, 0.2) is 0 Å². The number of carbonyl (C=O) groups excluding carboxylic acids is 1. The minimum Gasteiger partial charge on any atom is -0.464 e. The van der Waals surface area contributed by atoms with Gasteiger partial charge < -0.3 is 9.73 Å². The number of nitrogens with zero attached hydrogens (tertiary/aromatic N) is 1. The predicted molar refractivity (Wildman–Crippen MR) is 86.0 cm³/mol. The highest BCUT2D eigenvalue weighted by Gasteiger charge is 2.40. The highest BCUT2D eigenvalue weighted by molar-refractivity contribution is 5.98. The van der Waals surface area contributed by atoms with Crippen molar-refractivity contribution in [3.05, 3.63) is 35.6 Å². The van der Waals surface area contributed by atoms with E-state index < -0.39 is 0 Å². The molecular weight excluding hydrogens is 276 g/mol. The number of carbonyl (C=O) groups is 1. The summed E-state index contributed by atoms with van der Waals surface area (Å²) in [5.74, 6) is 0.663. The van der Waals surface area contributed by atoms with Gasteiger partial charge in [0.25, 0.3) is 5.91 Å². The number of rotatable bonds is 2. The van der Waals surface area contributed by atoms with E-state index in [9.17, 15) is 4.79 Å². The van der Waals surface area contributed by atoms with Gasteiger partial charge >= 0.3 is 0 Å². The molecule has 0 radical (unpaired) electrons. The maximum Gasteiger partial charge on any atom is 0.251 e. The maximum absolute atomic E-state index is 12.7. The van der Waals surface area contributed by atoms with Crippen LogP contribution in [0.3, 0.4) is 0 Å². The number of piperidine rings is 3. The fourth-order valence-electron chi connectivity index (χ4n) is 4.08. The van der Waals surface area contributed by atoms with Crippen molar-refractivity contribution in [2.24, 2.45) is 5.92 Å². The molecule has 1 aromatic carbocycles. The molecule has 1 N–H and O–H groups in total. The molecular formula is C18H22N2O2. The molecule has 0 saturated carbocycles. The lowest BCUT2D eigenvalue weighted by Crippen LogP contribution is -2.62. The Bertz CT molecular complexity index is 711. The second kappa shape index (κ2) is 5.13. The van der Waals surface area contributed by atoms with E-state index in [1.54, 1.807) is 6.26 Å². The van der Waals surface area contributed by atoms with Gasteiger partial charge in [0.05, 0.1) is 6.26 Å². The smallest absolute Gasteiger partial charge is 0.251 e. The molecule has 4 heteroatoms. The summed E-state index contributed by atoms with van der Waals surface area (Å²) in [6.45, 7) is 6.60. The largest absolute Gasteiger partial charge is 0.464 e. The minimum absolute atomic E-state index is 0.0353. The maximum atomic E-state index is 12.7. The molecule has 4 heterocycles. The van der Waals surface area contributed by atoms with Gasteiger partial charge in [0, 0.05) is 23.0 Å². The minimum atomic E-state index is 0.0353. The Morgan fingerprint density at radius 3 is 2.82 bits per heavy atom. The average molecular weight is 298 g/mol. The molecule has 5 rings (SSSR count). The Hall–Kier alpha value is -1.81. The van der Waals surface area contributed by atoms with Crippen molar-refractivity contribution in [3.63, 3.8) is 0 Å². The Kier molecular flexibility index (Phi) is 3.22. The number of fused-ring (bicyclic) bond motifs is 4. The second-order valence-electron chi connectivity index (χ2n) is 6.74. The molecule has 4 nitrogen and oxygen atoms in total. The number of amides is 1. The topological polar surface area (TPSA) is 45.5 Å². The number of aryl methyl sites for hydroxylation is 1. The van der Waals surface area contributed by atoms with E-state index in [1.807, 2.05) is 25.1 Å². The van der Waals surface area contributed by atoms with E-state index in [2.05, 4.69) is 17.1 Å². The summed E-state index contributed by atoms with van der Waals surface area (Å²) in [6, 6.07) is 6.39. The Morgan fingerprint density at radius 2 is 2.09 bits per heavy atom. The first kappa shape index (κ1) is 13.8. The predicted octanol–water partition coefficient (Wildman–Crippen LogP) is 2.95. The van der Waals surface area contributed by atoms with Gasteiger partial charge in [-0.15, -0.1) is 0 Å². The van der Waals surface area contributed by atoms with Crippen molar-refractivity contribution in [2.45, 2.75) is 38.8 Å². The van der Waals surface area contributed by atoms with Crippen LogP contribution in [0, 0.1) is 12.8 Å². The molecule has 1 aromatic heterocycles. The third-order valence-electron chi connectivity index (χ3n) is 5.50. The van der Waals surface area contributed by atoms with Gasteiger partial charge in [-0.1, -0.05) is 0 Å². The molecule has 2 atom stereocenters. The standard InChI is InChI=1S/C18H22N2O2/c1-11-10-22-16-4-3-14(9-15(11)16)18(21)19-17-12(2)20-7-5-13(17)6-8-20/h3-4,9-10,12-13,17H,5-8H2,1-2H3,(H,19,21)/t12-,17-/m0/s1. The SMILES string of the molecule is Cc1coc2ccc(C(=O)N[C@@H]3C4CCN(CC4)[C@H]3C)cc12. The van der Waals surface area contributed by atoms with Crippen LogP contribution in [-0.4, -0.2) is 36.0 Å². The molecule has 116 valence electrons. The number of benzene rings is 1. The molecule has 3 fully saturated rings. The summed E-state index contributed by atoms with van der Waals surface area (Å²) in [6.07, 6.45) is 4.14. The monoisotopic (exact) mass is 298 g/mol. The normalized spacial score (nSPS) is 30.6. The average Bonchev–Trinajstić information content (AvgIpc) is 2.92. The highest BCUT2D eigenvalue weighted by Crippen LogP contribution is 2.32. The molecule has 2 bridgehead atoms. The Balaban J connectivity index is 1.57. The lowest BCUT2D eigenvalue weighted by molar-refractivity contribution is 0.0217. The third kappa shape index (κ3) is 2.13. The number of furan rings is 1. The third-order valence-corrected chi connectivity index (χ3v) is 5.50. The quantitative estimate of drug-likeness (QED) is 0.927. The van der Waals surface area contributed by atoms with Crippen LogP contribution in [0.1, 0.15) is 35.7 Å². The van der Waals surface area contributed by atoms with Crippen LogP contribution < -0.4 is 5.32 Å². The fourth-order valence-corrected chi connectivity index (χ4v) is 4.08. The summed E-state index contributed by atoms with van der Waals surface area (Å²) in [5, 5.41) is 4.30. The zero-order valence-corrected chi connectivity index (χ0v) is 13.1. The van der Waals surface area contributed by atoms with E-state index in [4.69, 9.17) is 4.42 Å². The molecule has 3 saturated heterocycles. The van der Waals surface area contributed by atoms with Gasteiger partial charge in [-0.2, -0.15) is 0 Å². The molecule has 0 aliphatic carbocycles. The van der Waals surface area contributed by atoms with Crippen molar-refractivity contribution in [1.29, 1.82) is 0 Å². The molecule has 3 aliphatic heterocycles. The number of hydrogen-bond acceptors (Lipinski definition) is 3. The van der Waals surface area contributed by atoms with Gasteiger partial charge in [0.2, 0.25) is 0 Å². The molecule has 3 aliphatic rings. The lowest BCUT2D eigenvalue weighted by Gasteiger charge is -2.49. The van der Waals surface area contributed by atoms with Crippen LogP contribution in [0.15, 0.2) is 28.9 Å². The molecule has 22 heavy (non-hydrogen) atoms. The first-order valence-electron chi connectivity index (χ1n) is 8.16. The fraction of sp³-hybridized carbons (Fsp3) is 0.500. The zero-order chi connectivity index (χ0) is 15.3. The summed E-state index contributed by atoms with van der Waals surface area (Å²) >= 11 is 0. The van der Waals surface area contributed by atoms with Crippen LogP contribution >= 0.6 is 0 Å². The molecule has 1 amide bonds. The highest BCUT2D eigenvalue weighted by atomic mass is 16.3. The van der Waals surface area contributed by atoms with Crippen LogP contribution in [0.4, 0.5) is 0 Å². The zero-order valence-electron chi connectivity index (χ0n) is 13.1. The van der Waals surface area contributed by atoms with E-state index in [1.165, 1.54) is 25.9 Å². The van der Waals surface area contributed by atoms with Crippen LogP contribution in [0.25, 0.3) is 11.0 Å². The number of hydrogen-bond donors (Lipinski definition) is 1. The van der Waals surface area contributed by atoms with Gasteiger partial charge in [-0.25, -0.2) is 0 Å². The van der Waals surface area contributed by atoms with Crippen molar-refractivity contribution in [1.82, 2.24) is 10.2 Å². The van der Waals surface area contributed by atoms with E-state index in [0.29, 0.717) is 12.0 Å². The van der Waals surface area contributed by atoms with Crippen molar-refractivity contribution >= 4 is 16.9 Å². The Morgan fingerprint density at radius 1 is 1.32 bits per heavy atom. The summed E-state index contributed by atoms with van der Waals surface area (Å²) in [4.78, 5) is 15.1. The van der Waals surface area contributed by atoms with Crippen LogP contribution in [0.5, 0.6) is 0 Å². The summed E-state index contributed by atoms with van der Waals surface area (Å²) in [5.41, 5.74) is 2.63. The molecule has 2 aromatic rings. The molecule has 0 spiro atoms. The first-order valence-corrected chi connectivity index (χ1v) is 8.16. The van der Waals surface area contributed by atoms with E-state index in [-0.39, 0.29) is 11.9 Å². The first-order chi connectivity index (χ1) is 10.6. The lowest BCUT2D eigenvalue weighted by atomic mass is 9.79. The van der Waals surface area contributed by atoms with Gasteiger partial charge in [-0.05, 0) is 69.5 Å². The molecule has 0 unspecified atom stereocenters.